The summed E-state index contributed by atoms with van der Waals surface area (Å²) < 4.78 is 13.5. The van der Waals surface area contributed by atoms with Crippen LogP contribution in [0.4, 0.5) is 0 Å². The fourth-order valence-corrected chi connectivity index (χ4v) is 1.78. The number of nitrogens with zero attached hydrogens (tertiary/aromatic N) is 2. The fraction of sp³-hybridized carbons (Fsp3) is 0.333. The van der Waals surface area contributed by atoms with Gasteiger partial charge in [-0.1, -0.05) is 0 Å². The molecule has 1 atom stereocenters. The van der Waals surface area contributed by atoms with E-state index in [4.69, 9.17) is 4.42 Å². The zero-order chi connectivity index (χ0) is 9.80. The third kappa shape index (κ3) is 2.00. The molecule has 0 bridgehead atoms. The highest BCUT2D eigenvalue weighted by atomic mass is 32.1. The fourth-order valence-electron chi connectivity index (χ4n) is 1.31. The molecule has 0 spiro atoms. The quantitative estimate of drug-likeness (QED) is 0.831. The summed E-state index contributed by atoms with van der Waals surface area (Å²) in [7, 11) is 1.91. The lowest BCUT2D eigenvalue weighted by atomic mass is 10.1. The monoisotopic (exact) mass is 209 g/mol. The molecule has 74 valence electrons. The molecule has 0 radical (unpaired) electrons. The summed E-state index contributed by atoms with van der Waals surface area (Å²) in [6, 6.07) is 4.03. The van der Waals surface area contributed by atoms with E-state index >= 15 is 0 Å². The van der Waals surface area contributed by atoms with Crippen LogP contribution in [0.1, 0.15) is 17.5 Å². The average molecular weight is 209 g/mol. The lowest BCUT2D eigenvalue weighted by Crippen LogP contribution is -2.18. The van der Waals surface area contributed by atoms with Crippen molar-refractivity contribution < 1.29 is 4.42 Å². The van der Waals surface area contributed by atoms with Gasteiger partial charge < -0.3 is 9.73 Å². The van der Waals surface area contributed by atoms with Crippen molar-refractivity contribution in [2.75, 3.05) is 7.05 Å². The van der Waals surface area contributed by atoms with Crippen molar-refractivity contribution in [1.82, 2.24) is 14.1 Å². The molecule has 2 aromatic heterocycles. The predicted molar refractivity (Wildman–Crippen MR) is 54.1 cm³/mol. The van der Waals surface area contributed by atoms with Crippen molar-refractivity contribution in [3.05, 3.63) is 36.0 Å². The number of likely N-dealkylation sites (N-methyl/N-ethyl adjacent to an activating group) is 1. The average Bonchev–Trinajstić information content (AvgIpc) is 2.86. The van der Waals surface area contributed by atoms with Crippen molar-refractivity contribution in [3.8, 4) is 0 Å². The molecule has 0 aliphatic carbocycles. The molecule has 0 saturated carbocycles. The number of aromatic nitrogens is 2. The largest absolute Gasteiger partial charge is 0.469 e. The highest BCUT2D eigenvalue weighted by Gasteiger charge is 2.13. The Kier molecular flexibility index (Phi) is 2.90. The van der Waals surface area contributed by atoms with E-state index in [1.165, 1.54) is 11.7 Å². The summed E-state index contributed by atoms with van der Waals surface area (Å²) in [5.74, 6) is 0.956. The van der Waals surface area contributed by atoms with Crippen LogP contribution in [0, 0.1) is 0 Å². The van der Waals surface area contributed by atoms with E-state index in [1.54, 1.807) is 12.5 Å². The zero-order valence-corrected chi connectivity index (χ0v) is 8.62. The van der Waals surface area contributed by atoms with E-state index in [1.807, 2.05) is 19.2 Å². The van der Waals surface area contributed by atoms with Gasteiger partial charge >= 0.3 is 0 Å². The lowest BCUT2D eigenvalue weighted by molar-refractivity contribution is 0.462. The lowest BCUT2D eigenvalue weighted by Gasteiger charge is -2.10. The molecule has 4 nitrogen and oxygen atoms in total. The van der Waals surface area contributed by atoms with Gasteiger partial charge in [-0.2, -0.15) is 8.75 Å². The maximum Gasteiger partial charge on any atom is 0.105 e. The first-order chi connectivity index (χ1) is 6.90. The highest BCUT2D eigenvalue weighted by Crippen LogP contribution is 2.16. The summed E-state index contributed by atoms with van der Waals surface area (Å²) in [5, 5.41) is 3.19. The van der Waals surface area contributed by atoms with E-state index in [-0.39, 0.29) is 6.04 Å². The molecular weight excluding hydrogens is 198 g/mol. The molecule has 0 amide bonds. The van der Waals surface area contributed by atoms with Crippen molar-refractivity contribution in [2.24, 2.45) is 0 Å². The first-order valence-electron chi connectivity index (χ1n) is 4.37. The number of rotatable bonds is 4. The number of hydrogen-bond donors (Lipinski definition) is 1. The van der Waals surface area contributed by atoms with Crippen molar-refractivity contribution >= 4 is 11.7 Å². The molecule has 2 rings (SSSR count). The second-order valence-corrected chi connectivity index (χ2v) is 3.51. The topological polar surface area (TPSA) is 51.0 Å². The number of furan rings is 1. The second kappa shape index (κ2) is 4.34. The van der Waals surface area contributed by atoms with E-state index in [2.05, 4.69) is 14.1 Å². The molecule has 1 unspecified atom stereocenters. The minimum Gasteiger partial charge on any atom is -0.469 e. The van der Waals surface area contributed by atoms with Gasteiger partial charge in [0.2, 0.25) is 0 Å². The van der Waals surface area contributed by atoms with Crippen LogP contribution in [0.25, 0.3) is 0 Å². The first-order valence-corrected chi connectivity index (χ1v) is 5.10. The van der Waals surface area contributed by atoms with Gasteiger partial charge in [0.1, 0.15) is 5.76 Å². The van der Waals surface area contributed by atoms with Gasteiger partial charge in [0.15, 0.2) is 0 Å². The van der Waals surface area contributed by atoms with Gasteiger partial charge in [-0.05, 0) is 19.2 Å². The predicted octanol–water partition coefficient (Wildman–Crippen LogP) is 1.63. The Labute approximate surface area is 86.3 Å². The van der Waals surface area contributed by atoms with E-state index < -0.39 is 0 Å². The molecule has 0 fully saturated rings. The molecule has 0 aliphatic heterocycles. The summed E-state index contributed by atoms with van der Waals surface area (Å²) in [6.45, 7) is 0. The van der Waals surface area contributed by atoms with Crippen LogP contribution in [-0.2, 0) is 6.42 Å². The van der Waals surface area contributed by atoms with E-state index in [0.717, 1.165) is 17.9 Å². The zero-order valence-electron chi connectivity index (χ0n) is 7.80. The SMILES string of the molecule is CNC(Cc1ccco1)c1cnsn1. The normalized spacial score (nSPS) is 12.9. The Balaban J connectivity index is 2.08. The third-order valence-corrected chi connectivity index (χ3v) is 2.56. The molecule has 5 heteroatoms. The van der Waals surface area contributed by atoms with Gasteiger partial charge in [-0.3, -0.25) is 0 Å². The van der Waals surface area contributed by atoms with Crippen LogP contribution in [0.2, 0.25) is 0 Å². The molecule has 0 saturated heterocycles. The molecule has 2 heterocycles. The molecule has 14 heavy (non-hydrogen) atoms. The van der Waals surface area contributed by atoms with Crippen LogP contribution in [0.3, 0.4) is 0 Å². The van der Waals surface area contributed by atoms with Crippen LogP contribution in [-0.4, -0.2) is 15.8 Å². The van der Waals surface area contributed by atoms with Gasteiger partial charge in [0, 0.05) is 6.42 Å². The maximum absolute atomic E-state index is 5.28. The standard InChI is InChI=1S/C9H11N3OS/c1-10-8(9-6-11-14-12-9)5-7-3-2-4-13-7/h2-4,6,8,10H,5H2,1H3. The van der Waals surface area contributed by atoms with Gasteiger partial charge in [0.25, 0.3) is 0 Å². The van der Waals surface area contributed by atoms with E-state index in [9.17, 15) is 0 Å². The van der Waals surface area contributed by atoms with E-state index in [0.29, 0.717) is 0 Å². The Morgan fingerprint density at radius 2 is 2.57 bits per heavy atom. The minimum atomic E-state index is 0.180. The first kappa shape index (κ1) is 9.36. The smallest absolute Gasteiger partial charge is 0.105 e. The summed E-state index contributed by atoms with van der Waals surface area (Å²) in [4.78, 5) is 0. The van der Waals surface area contributed by atoms with Crippen molar-refractivity contribution in [3.63, 3.8) is 0 Å². The van der Waals surface area contributed by atoms with Crippen LogP contribution in [0.15, 0.2) is 29.0 Å². The summed E-state index contributed by atoms with van der Waals surface area (Å²) >= 11 is 1.23. The molecular formula is C9H11N3OS. The Morgan fingerprint density at radius 3 is 3.14 bits per heavy atom. The maximum atomic E-state index is 5.28. The molecule has 0 aliphatic rings. The van der Waals surface area contributed by atoms with Crippen LogP contribution < -0.4 is 5.32 Å². The van der Waals surface area contributed by atoms with Gasteiger partial charge in [-0.25, -0.2) is 0 Å². The van der Waals surface area contributed by atoms with Crippen LogP contribution >= 0.6 is 11.7 Å². The Bertz CT molecular complexity index is 357. The van der Waals surface area contributed by atoms with Crippen LogP contribution in [0.5, 0.6) is 0 Å². The Hall–Kier alpha value is -1.20. The minimum absolute atomic E-state index is 0.180. The van der Waals surface area contributed by atoms with Gasteiger partial charge in [0.05, 0.1) is 35.9 Å². The summed E-state index contributed by atoms with van der Waals surface area (Å²) in [6.07, 6.45) is 4.27. The Morgan fingerprint density at radius 1 is 1.64 bits per heavy atom. The highest BCUT2D eigenvalue weighted by molar-refractivity contribution is 6.99. The molecule has 1 N–H and O–H groups in total. The summed E-state index contributed by atoms with van der Waals surface area (Å²) in [5.41, 5.74) is 0.967. The third-order valence-electron chi connectivity index (χ3n) is 2.07. The van der Waals surface area contributed by atoms with Gasteiger partial charge in [-0.15, -0.1) is 0 Å². The second-order valence-electron chi connectivity index (χ2n) is 2.96. The molecule has 2 aromatic rings. The van der Waals surface area contributed by atoms with Crippen molar-refractivity contribution in [1.29, 1.82) is 0 Å². The number of nitrogens with one attached hydrogen (secondary N) is 1. The van der Waals surface area contributed by atoms with Crippen molar-refractivity contribution in [2.45, 2.75) is 12.5 Å². The molecule has 0 aromatic carbocycles. The number of hydrogen-bond acceptors (Lipinski definition) is 5.